The van der Waals surface area contributed by atoms with Crippen LogP contribution in [0.2, 0.25) is 0 Å². The molecule has 0 radical (unpaired) electrons. The van der Waals surface area contributed by atoms with Gasteiger partial charge in [0.15, 0.2) is 5.69 Å². The van der Waals surface area contributed by atoms with Crippen LogP contribution < -0.4 is 5.32 Å². The number of rotatable bonds is 6. The summed E-state index contributed by atoms with van der Waals surface area (Å²) >= 11 is 1.54. The number of amides is 2. The number of piperidine rings is 1. The van der Waals surface area contributed by atoms with Crippen LogP contribution in [0.15, 0.2) is 51.8 Å². The predicted molar refractivity (Wildman–Crippen MR) is 116 cm³/mol. The summed E-state index contributed by atoms with van der Waals surface area (Å²) in [6.07, 6.45) is -2.49. The minimum atomic E-state index is -4.32. The molecule has 1 aliphatic heterocycles. The molecule has 2 amide bonds. The molecular formula is C23H22F3N3O3S. The Kier molecular flexibility index (Phi) is 6.83. The zero-order chi connectivity index (χ0) is 23.4. The average Bonchev–Trinajstić information content (AvgIpc) is 3.49. The predicted octanol–water partition coefficient (Wildman–Crippen LogP) is 4.68. The first-order chi connectivity index (χ1) is 15.8. The number of carbonyl (C=O) groups excluding carboxylic acids is 2. The maximum absolute atomic E-state index is 13.0. The number of thiophene rings is 1. The fourth-order valence-electron chi connectivity index (χ4n) is 3.70. The lowest BCUT2D eigenvalue weighted by molar-refractivity contribution is -0.184. The first-order valence-electron chi connectivity index (χ1n) is 10.5. The van der Waals surface area contributed by atoms with Crippen molar-refractivity contribution >= 4 is 23.2 Å². The maximum Gasteiger partial charge on any atom is 0.393 e. The van der Waals surface area contributed by atoms with Crippen LogP contribution in [0.1, 0.15) is 34.5 Å². The largest absolute Gasteiger partial charge is 0.444 e. The molecule has 0 saturated carbocycles. The van der Waals surface area contributed by atoms with E-state index in [1.54, 1.807) is 23.5 Å². The highest BCUT2D eigenvalue weighted by molar-refractivity contribution is 7.08. The van der Waals surface area contributed by atoms with E-state index in [0.29, 0.717) is 24.9 Å². The van der Waals surface area contributed by atoms with Crippen molar-refractivity contribution in [3.05, 3.63) is 64.2 Å². The van der Waals surface area contributed by atoms with E-state index in [1.165, 1.54) is 11.2 Å². The van der Waals surface area contributed by atoms with Gasteiger partial charge in [0.25, 0.3) is 5.91 Å². The van der Waals surface area contributed by atoms with Crippen LogP contribution in [-0.2, 0) is 17.8 Å². The molecule has 0 aliphatic carbocycles. The highest BCUT2D eigenvalue weighted by Crippen LogP contribution is 2.33. The number of likely N-dealkylation sites (tertiary alicyclic amines) is 1. The van der Waals surface area contributed by atoms with Gasteiger partial charge in [0.1, 0.15) is 6.26 Å². The number of hydrogen-bond donors (Lipinski definition) is 1. The Hall–Kier alpha value is -3.14. The van der Waals surface area contributed by atoms with Crippen LogP contribution in [-0.4, -0.2) is 41.0 Å². The van der Waals surface area contributed by atoms with E-state index >= 15 is 0 Å². The molecule has 1 aromatic carbocycles. The molecule has 174 valence electrons. The summed E-state index contributed by atoms with van der Waals surface area (Å²) in [5, 5.41) is 6.72. The summed E-state index contributed by atoms with van der Waals surface area (Å²) < 4.78 is 44.5. The second-order valence-electron chi connectivity index (χ2n) is 7.95. The molecule has 1 saturated heterocycles. The zero-order valence-corrected chi connectivity index (χ0v) is 18.4. The number of aromatic nitrogens is 1. The summed E-state index contributed by atoms with van der Waals surface area (Å²) in [6.45, 7) is 0.270. The Morgan fingerprint density at radius 1 is 1.18 bits per heavy atom. The van der Waals surface area contributed by atoms with E-state index in [1.807, 2.05) is 29.0 Å². The van der Waals surface area contributed by atoms with E-state index in [4.69, 9.17) is 4.42 Å². The molecule has 3 aromatic rings. The van der Waals surface area contributed by atoms with Crippen molar-refractivity contribution in [2.75, 3.05) is 13.1 Å². The fraction of sp³-hybridized carbons (Fsp3) is 0.348. The number of oxazole rings is 1. The summed E-state index contributed by atoms with van der Waals surface area (Å²) in [6, 6.07) is 9.03. The van der Waals surface area contributed by atoms with E-state index < -0.39 is 18.0 Å². The number of nitrogens with zero attached hydrogens (tertiary/aromatic N) is 2. The lowest BCUT2D eigenvalue weighted by atomic mass is 9.97. The standard InChI is InChI=1S/C23H22F3N3O3S/c24-23(25,26)18-2-1-8-29(12-18)22(31)19-13-32-21(28-19)17-5-3-15(4-6-17)11-27-20(30)10-16-7-9-33-14-16/h3-7,9,13-14,18H,1-2,8,10-12H2,(H,27,30). The highest BCUT2D eigenvalue weighted by atomic mass is 32.1. The SMILES string of the molecule is O=C(Cc1ccsc1)NCc1ccc(-c2nc(C(=O)N3CCCC(C(F)(F)F)C3)co2)cc1. The molecule has 1 atom stereocenters. The molecule has 6 nitrogen and oxygen atoms in total. The molecular weight excluding hydrogens is 455 g/mol. The number of hydrogen-bond acceptors (Lipinski definition) is 5. The number of halogens is 3. The van der Waals surface area contributed by atoms with Gasteiger partial charge >= 0.3 is 6.18 Å². The summed E-state index contributed by atoms with van der Waals surface area (Å²) in [7, 11) is 0. The Labute approximate surface area is 192 Å². The molecule has 10 heteroatoms. The van der Waals surface area contributed by atoms with Crippen molar-refractivity contribution in [2.24, 2.45) is 5.92 Å². The third-order valence-corrected chi connectivity index (χ3v) is 6.26. The van der Waals surface area contributed by atoms with Crippen LogP contribution in [0.25, 0.3) is 11.5 Å². The van der Waals surface area contributed by atoms with Crippen LogP contribution in [0, 0.1) is 5.92 Å². The van der Waals surface area contributed by atoms with E-state index in [9.17, 15) is 22.8 Å². The summed E-state index contributed by atoms with van der Waals surface area (Å²) in [5.41, 5.74) is 2.46. The van der Waals surface area contributed by atoms with Crippen molar-refractivity contribution < 1.29 is 27.2 Å². The van der Waals surface area contributed by atoms with Crippen LogP contribution >= 0.6 is 11.3 Å². The van der Waals surface area contributed by atoms with E-state index in [2.05, 4.69) is 10.3 Å². The lowest BCUT2D eigenvalue weighted by Crippen LogP contribution is -2.44. The van der Waals surface area contributed by atoms with Gasteiger partial charge in [0.05, 0.1) is 12.3 Å². The smallest absolute Gasteiger partial charge is 0.393 e. The Balaban J connectivity index is 1.34. The van der Waals surface area contributed by atoms with Gasteiger partial charge in [0.2, 0.25) is 11.8 Å². The molecule has 1 fully saturated rings. The first-order valence-corrected chi connectivity index (χ1v) is 11.4. The van der Waals surface area contributed by atoms with Gasteiger partial charge in [-0.1, -0.05) is 12.1 Å². The summed E-state index contributed by atoms with van der Waals surface area (Å²) in [5.74, 6) is -1.95. The van der Waals surface area contributed by atoms with Gasteiger partial charge < -0.3 is 14.6 Å². The van der Waals surface area contributed by atoms with Crippen LogP contribution in [0.4, 0.5) is 13.2 Å². The third kappa shape index (κ3) is 5.81. The van der Waals surface area contributed by atoms with Gasteiger partial charge in [-0.3, -0.25) is 9.59 Å². The first kappa shape index (κ1) is 23.0. The van der Waals surface area contributed by atoms with Crippen LogP contribution in [0.3, 0.4) is 0 Å². The van der Waals surface area contributed by atoms with E-state index in [-0.39, 0.29) is 37.0 Å². The van der Waals surface area contributed by atoms with Crippen molar-refractivity contribution in [1.82, 2.24) is 15.2 Å². The number of alkyl halides is 3. The van der Waals surface area contributed by atoms with Crippen molar-refractivity contribution in [1.29, 1.82) is 0 Å². The molecule has 2 aromatic heterocycles. The van der Waals surface area contributed by atoms with Crippen molar-refractivity contribution in [2.45, 2.75) is 32.0 Å². The van der Waals surface area contributed by atoms with Gasteiger partial charge in [-0.05, 0) is 52.9 Å². The molecule has 0 bridgehead atoms. The zero-order valence-electron chi connectivity index (χ0n) is 17.6. The Morgan fingerprint density at radius 2 is 1.97 bits per heavy atom. The maximum atomic E-state index is 13.0. The Bertz CT molecular complexity index is 1090. The molecule has 1 aliphatic rings. The minimum absolute atomic E-state index is 0.0161. The van der Waals surface area contributed by atoms with Crippen molar-refractivity contribution in [3.63, 3.8) is 0 Å². The van der Waals surface area contributed by atoms with Gasteiger partial charge in [-0.25, -0.2) is 4.98 Å². The minimum Gasteiger partial charge on any atom is -0.444 e. The van der Waals surface area contributed by atoms with Crippen molar-refractivity contribution in [3.8, 4) is 11.5 Å². The van der Waals surface area contributed by atoms with Gasteiger partial charge in [-0.15, -0.1) is 0 Å². The normalized spacial score (nSPS) is 16.6. The van der Waals surface area contributed by atoms with Crippen LogP contribution in [0.5, 0.6) is 0 Å². The number of carbonyl (C=O) groups is 2. The molecule has 4 rings (SSSR count). The molecule has 1 N–H and O–H groups in total. The monoisotopic (exact) mass is 477 g/mol. The quantitative estimate of drug-likeness (QED) is 0.560. The number of nitrogens with one attached hydrogen (secondary N) is 1. The highest BCUT2D eigenvalue weighted by Gasteiger charge is 2.43. The molecule has 1 unspecified atom stereocenters. The second-order valence-corrected chi connectivity index (χ2v) is 8.73. The second kappa shape index (κ2) is 9.78. The Morgan fingerprint density at radius 3 is 2.67 bits per heavy atom. The third-order valence-electron chi connectivity index (χ3n) is 5.53. The fourth-order valence-corrected chi connectivity index (χ4v) is 4.37. The molecule has 0 spiro atoms. The van der Waals surface area contributed by atoms with Gasteiger partial charge in [0, 0.05) is 25.2 Å². The summed E-state index contributed by atoms with van der Waals surface area (Å²) in [4.78, 5) is 30.0. The molecule has 3 heterocycles. The van der Waals surface area contributed by atoms with E-state index in [0.717, 1.165) is 11.1 Å². The number of benzene rings is 1. The topological polar surface area (TPSA) is 75.4 Å². The average molecular weight is 478 g/mol. The lowest BCUT2D eigenvalue weighted by Gasteiger charge is -2.33. The molecule has 33 heavy (non-hydrogen) atoms. The van der Waals surface area contributed by atoms with Gasteiger partial charge in [-0.2, -0.15) is 24.5 Å².